The van der Waals surface area contributed by atoms with E-state index in [1.165, 1.54) is 49.8 Å². The Bertz CT molecular complexity index is 1330. The van der Waals surface area contributed by atoms with Gasteiger partial charge in [0.15, 0.2) is 0 Å². The molecular formula is C35H42Si. The third-order valence-corrected chi connectivity index (χ3v) is 10.0. The molecule has 4 aliphatic rings. The van der Waals surface area contributed by atoms with Gasteiger partial charge in [0.05, 0.1) is 0 Å². The van der Waals surface area contributed by atoms with Crippen LogP contribution in [-0.2, 0) is 0 Å². The Morgan fingerprint density at radius 2 is 1.14 bits per heavy atom. The van der Waals surface area contributed by atoms with Gasteiger partial charge in [-0.2, -0.15) is 0 Å². The van der Waals surface area contributed by atoms with Crippen molar-refractivity contribution in [2.75, 3.05) is 0 Å². The lowest BCUT2D eigenvalue weighted by Gasteiger charge is -2.29. The van der Waals surface area contributed by atoms with E-state index in [-0.39, 0.29) is 0 Å². The molecule has 0 aliphatic heterocycles. The SMILES string of the molecule is CC1=CC2=C(C=CC=CC2C(C)C)C1c1ccc([SiH3])c(C)c1C1C(C)=CC2=C1C=CC=CC2C(C)C. The topological polar surface area (TPSA) is 0 Å². The molecule has 0 N–H and O–H groups in total. The Hall–Kier alpha value is -2.64. The Morgan fingerprint density at radius 1 is 0.639 bits per heavy atom. The molecule has 1 aromatic rings. The minimum absolute atomic E-state index is 0.333. The molecule has 5 rings (SSSR count). The zero-order valence-corrected chi connectivity index (χ0v) is 25.4. The van der Waals surface area contributed by atoms with Gasteiger partial charge < -0.3 is 0 Å². The normalized spacial score (nSPS) is 27.1. The van der Waals surface area contributed by atoms with E-state index in [2.05, 4.69) is 121 Å². The first-order valence-corrected chi connectivity index (χ1v) is 14.8. The zero-order chi connectivity index (χ0) is 25.7. The minimum atomic E-state index is 0.333. The molecule has 0 nitrogen and oxygen atoms in total. The molecule has 0 spiro atoms. The molecule has 0 saturated carbocycles. The largest absolute Gasteiger partial charge is 0.0767 e. The second kappa shape index (κ2) is 9.67. The van der Waals surface area contributed by atoms with Crippen LogP contribution in [0, 0.1) is 30.6 Å². The molecule has 36 heavy (non-hydrogen) atoms. The monoisotopic (exact) mass is 490 g/mol. The lowest BCUT2D eigenvalue weighted by atomic mass is 9.75. The summed E-state index contributed by atoms with van der Waals surface area (Å²) < 4.78 is 0. The number of benzene rings is 1. The maximum atomic E-state index is 2.51. The van der Waals surface area contributed by atoms with Crippen LogP contribution in [0.15, 0.2) is 106 Å². The summed E-state index contributed by atoms with van der Waals surface area (Å²) in [7, 11) is 1.07. The highest BCUT2D eigenvalue weighted by molar-refractivity contribution is 6.33. The van der Waals surface area contributed by atoms with Gasteiger partial charge in [-0.1, -0.05) is 117 Å². The van der Waals surface area contributed by atoms with Crippen molar-refractivity contribution in [1.82, 2.24) is 0 Å². The van der Waals surface area contributed by atoms with Crippen LogP contribution in [0.5, 0.6) is 0 Å². The van der Waals surface area contributed by atoms with Crippen LogP contribution in [0.4, 0.5) is 0 Å². The molecule has 0 heterocycles. The summed E-state index contributed by atoms with van der Waals surface area (Å²) in [6, 6.07) is 4.89. The van der Waals surface area contributed by atoms with E-state index >= 15 is 0 Å². The highest BCUT2D eigenvalue weighted by Gasteiger charge is 2.37. The molecule has 4 aliphatic carbocycles. The van der Waals surface area contributed by atoms with Crippen LogP contribution in [0.2, 0.25) is 0 Å². The van der Waals surface area contributed by atoms with E-state index in [0.29, 0.717) is 35.5 Å². The van der Waals surface area contributed by atoms with E-state index in [0.717, 1.165) is 10.2 Å². The molecule has 1 aromatic carbocycles. The number of hydrogen-bond acceptors (Lipinski definition) is 0. The quantitative estimate of drug-likeness (QED) is 0.384. The molecule has 186 valence electrons. The number of hydrogen-bond donors (Lipinski definition) is 0. The lowest BCUT2D eigenvalue weighted by molar-refractivity contribution is 0.533. The Kier molecular flexibility index (Phi) is 6.72. The summed E-state index contributed by atoms with van der Waals surface area (Å²) in [4.78, 5) is 0. The summed E-state index contributed by atoms with van der Waals surface area (Å²) in [5, 5.41) is 1.53. The standard InChI is InChI=1S/C35H42Si/c1-20(2)25-12-8-10-14-27-30(25)18-22(5)33(27)29-16-17-32(36)24(7)35(29)34-23(6)19-31-26(21(3)4)13-9-11-15-28(31)34/h8-21,25-26,33-34H,1-7,36H3. The van der Waals surface area contributed by atoms with Crippen LogP contribution in [0.25, 0.3) is 0 Å². The summed E-state index contributed by atoms with van der Waals surface area (Å²) in [6.45, 7) is 16.5. The second-order valence-corrected chi connectivity index (χ2v) is 13.1. The van der Waals surface area contributed by atoms with Crippen LogP contribution in [-0.4, -0.2) is 10.2 Å². The highest BCUT2D eigenvalue weighted by Crippen LogP contribution is 2.52. The van der Waals surface area contributed by atoms with Gasteiger partial charge in [-0.15, -0.1) is 0 Å². The summed E-state index contributed by atoms with van der Waals surface area (Å²) in [6.07, 6.45) is 23.7. The van der Waals surface area contributed by atoms with Crippen LogP contribution < -0.4 is 5.19 Å². The molecule has 4 atom stereocenters. The van der Waals surface area contributed by atoms with E-state index in [4.69, 9.17) is 0 Å². The van der Waals surface area contributed by atoms with Gasteiger partial charge in [0, 0.05) is 33.9 Å². The fraction of sp³-hybridized carbons (Fsp3) is 0.371. The van der Waals surface area contributed by atoms with E-state index in [9.17, 15) is 0 Å². The molecule has 0 saturated heterocycles. The predicted octanol–water partition coefficient (Wildman–Crippen LogP) is 7.46. The second-order valence-electron chi connectivity index (χ2n) is 12.0. The summed E-state index contributed by atoms with van der Waals surface area (Å²) in [5.41, 5.74) is 13.6. The van der Waals surface area contributed by atoms with Crippen molar-refractivity contribution in [2.45, 2.75) is 60.3 Å². The van der Waals surface area contributed by atoms with Gasteiger partial charge in [-0.25, -0.2) is 0 Å². The average Bonchev–Trinajstić information content (AvgIpc) is 3.10. The first-order valence-electron chi connectivity index (χ1n) is 13.8. The Labute approximate surface area is 222 Å². The van der Waals surface area contributed by atoms with Gasteiger partial charge in [0.25, 0.3) is 0 Å². The van der Waals surface area contributed by atoms with Crippen molar-refractivity contribution >= 4 is 15.4 Å². The molecule has 0 fully saturated rings. The maximum absolute atomic E-state index is 2.51. The highest BCUT2D eigenvalue weighted by atomic mass is 28.1. The van der Waals surface area contributed by atoms with Gasteiger partial charge in [0.2, 0.25) is 0 Å². The molecule has 0 amide bonds. The van der Waals surface area contributed by atoms with Gasteiger partial charge in [0.1, 0.15) is 0 Å². The third kappa shape index (κ3) is 4.06. The van der Waals surface area contributed by atoms with Crippen LogP contribution >= 0.6 is 0 Å². The fourth-order valence-corrected chi connectivity index (χ4v) is 7.39. The Morgan fingerprint density at radius 3 is 1.67 bits per heavy atom. The smallest absolute Gasteiger partial charge is 0.0388 e. The predicted molar refractivity (Wildman–Crippen MR) is 161 cm³/mol. The maximum Gasteiger partial charge on any atom is 0.0388 e. The van der Waals surface area contributed by atoms with E-state index in [1.54, 1.807) is 5.56 Å². The molecule has 0 radical (unpaired) electrons. The lowest BCUT2D eigenvalue weighted by Crippen LogP contribution is -2.19. The number of allylic oxidation sites excluding steroid dienone is 16. The summed E-state index contributed by atoms with van der Waals surface area (Å²) in [5.74, 6) is 2.80. The molecule has 1 heteroatoms. The van der Waals surface area contributed by atoms with Crippen molar-refractivity contribution in [3.05, 3.63) is 123 Å². The third-order valence-electron chi connectivity index (χ3n) is 8.95. The van der Waals surface area contributed by atoms with Crippen molar-refractivity contribution in [2.24, 2.45) is 23.7 Å². The van der Waals surface area contributed by atoms with Gasteiger partial charge in [-0.3, -0.25) is 0 Å². The number of rotatable bonds is 4. The average molecular weight is 491 g/mol. The fourth-order valence-electron chi connectivity index (χ4n) is 6.96. The van der Waals surface area contributed by atoms with Gasteiger partial charge >= 0.3 is 0 Å². The molecule has 0 bridgehead atoms. The Balaban J connectivity index is 1.71. The van der Waals surface area contributed by atoms with Crippen molar-refractivity contribution in [3.63, 3.8) is 0 Å². The van der Waals surface area contributed by atoms with E-state index < -0.39 is 0 Å². The molecular weight excluding hydrogens is 448 g/mol. The van der Waals surface area contributed by atoms with Crippen molar-refractivity contribution in [1.29, 1.82) is 0 Å². The van der Waals surface area contributed by atoms with E-state index in [1.807, 2.05) is 0 Å². The van der Waals surface area contributed by atoms with Gasteiger partial charge in [-0.05, 0) is 71.6 Å². The zero-order valence-electron chi connectivity index (χ0n) is 23.4. The van der Waals surface area contributed by atoms with Crippen molar-refractivity contribution < 1.29 is 0 Å². The minimum Gasteiger partial charge on any atom is -0.0767 e. The van der Waals surface area contributed by atoms with Crippen LogP contribution in [0.1, 0.15) is 70.1 Å². The first kappa shape index (κ1) is 25.0. The first-order chi connectivity index (χ1) is 17.2. The molecule has 0 aromatic heterocycles. The summed E-state index contributed by atoms with van der Waals surface area (Å²) >= 11 is 0. The van der Waals surface area contributed by atoms with Crippen molar-refractivity contribution in [3.8, 4) is 0 Å². The molecule has 4 unspecified atom stereocenters. The van der Waals surface area contributed by atoms with Crippen LogP contribution in [0.3, 0.4) is 0 Å².